The van der Waals surface area contributed by atoms with Crippen LogP contribution in [-0.4, -0.2) is 26.9 Å². The van der Waals surface area contributed by atoms with Gasteiger partial charge >= 0.3 is 0 Å². The van der Waals surface area contributed by atoms with Crippen molar-refractivity contribution in [2.24, 2.45) is 5.92 Å². The molecular weight excluding hydrogens is 294 g/mol. The van der Waals surface area contributed by atoms with Gasteiger partial charge in [0.25, 0.3) is 0 Å². The van der Waals surface area contributed by atoms with Gasteiger partial charge in [0.05, 0.1) is 13.2 Å². The van der Waals surface area contributed by atoms with Crippen molar-refractivity contribution in [1.82, 2.24) is 5.32 Å². The Bertz CT molecular complexity index is 380. The van der Waals surface area contributed by atoms with Gasteiger partial charge in [-0.15, -0.1) is 0 Å². The molecule has 4 heteroatoms. The molecule has 2 rings (SSSR count). The first-order valence-corrected chi connectivity index (χ1v) is 7.20. The Labute approximate surface area is 117 Å². The highest BCUT2D eigenvalue weighted by molar-refractivity contribution is 9.10. The summed E-state index contributed by atoms with van der Waals surface area (Å²) in [4.78, 5) is 0. The van der Waals surface area contributed by atoms with Crippen molar-refractivity contribution in [3.63, 3.8) is 0 Å². The zero-order valence-corrected chi connectivity index (χ0v) is 12.3. The van der Waals surface area contributed by atoms with E-state index in [0.29, 0.717) is 0 Å². The summed E-state index contributed by atoms with van der Waals surface area (Å²) in [5.74, 6) is 1.76. The van der Waals surface area contributed by atoms with Crippen molar-refractivity contribution in [3.8, 4) is 5.75 Å². The quantitative estimate of drug-likeness (QED) is 0.748. The van der Waals surface area contributed by atoms with Crippen LogP contribution in [0.2, 0.25) is 0 Å². The van der Waals surface area contributed by atoms with E-state index in [-0.39, 0.29) is 0 Å². The van der Waals surface area contributed by atoms with Gasteiger partial charge in [-0.05, 0) is 42.5 Å². The molecule has 0 aromatic heterocycles. The molecule has 1 fully saturated rings. The third-order valence-corrected chi connectivity index (χ3v) is 3.77. The third-order valence-electron chi connectivity index (χ3n) is 3.00. The Hall–Kier alpha value is -0.580. The van der Waals surface area contributed by atoms with Crippen LogP contribution < -0.4 is 10.1 Å². The number of ether oxygens (including phenoxy) is 2. The van der Waals surface area contributed by atoms with Crippen molar-refractivity contribution in [3.05, 3.63) is 28.2 Å². The molecule has 0 saturated heterocycles. The fourth-order valence-electron chi connectivity index (χ4n) is 1.67. The molecule has 100 valence electrons. The molecule has 0 spiro atoms. The zero-order valence-electron chi connectivity index (χ0n) is 10.7. The van der Waals surface area contributed by atoms with Gasteiger partial charge in [-0.25, -0.2) is 0 Å². The minimum atomic E-state index is 0.732. The van der Waals surface area contributed by atoms with Crippen LogP contribution in [0, 0.1) is 5.92 Å². The first kappa shape index (κ1) is 13.8. The van der Waals surface area contributed by atoms with Crippen LogP contribution in [0.3, 0.4) is 0 Å². The summed E-state index contributed by atoms with van der Waals surface area (Å²) in [6.07, 6.45) is 2.64. The number of methoxy groups -OCH3 is 1. The average Bonchev–Trinajstić information content (AvgIpc) is 3.19. The number of nitrogens with one attached hydrogen (secondary N) is 1. The molecule has 1 N–H and O–H groups in total. The van der Waals surface area contributed by atoms with Crippen LogP contribution in [-0.2, 0) is 11.3 Å². The topological polar surface area (TPSA) is 30.5 Å². The number of halogens is 1. The van der Waals surface area contributed by atoms with E-state index in [1.165, 1.54) is 18.4 Å². The maximum atomic E-state index is 5.78. The highest BCUT2D eigenvalue weighted by atomic mass is 79.9. The summed E-state index contributed by atoms with van der Waals surface area (Å²) < 4.78 is 11.9. The van der Waals surface area contributed by atoms with Gasteiger partial charge in [-0.3, -0.25) is 0 Å². The molecule has 0 atom stereocenters. The number of rotatable bonds is 8. The van der Waals surface area contributed by atoms with Gasteiger partial charge in [0, 0.05) is 24.7 Å². The van der Waals surface area contributed by atoms with Crippen LogP contribution >= 0.6 is 15.9 Å². The summed E-state index contributed by atoms with van der Waals surface area (Å²) in [6.45, 7) is 3.27. The Morgan fingerprint density at radius 3 is 2.94 bits per heavy atom. The standard InChI is InChI=1S/C14H20BrNO2/c1-17-7-6-16-9-12-8-13(4-5-14(12)15)18-10-11-2-3-11/h4-5,8,11,16H,2-3,6-7,9-10H2,1H3. The lowest BCUT2D eigenvalue weighted by molar-refractivity contribution is 0.199. The molecule has 0 bridgehead atoms. The van der Waals surface area contributed by atoms with Gasteiger partial charge in [-0.2, -0.15) is 0 Å². The van der Waals surface area contributed by atoms with Crippen molar-refractivity contribution in [1.29, 1.82) is 0 Å². The van der Waals surface area contributed by atoms with Gasteiger partial charge in [0.1, 0.15) is 5.75 Å². The van der Waals surface area contributed by atoms with E-state index in [1.807, 2.05) is 6.07 Å². The lowest BCUT2D eigenvalue weighted by atomic mass is 10.2. The molecule has 1 aliphatic carbocycles. The van der Waals surface area contributed by atoms with Crippen molar-refractivity contribution in [2.75, 3.05) is 26.9 Å². The van der Waals surface area contributed by atoms with Gasteiger partial charge < -0.3 is 14.8 Å². The molecule has 1 saturated carbocycles. The molecule has 0 heterocycles. The molecule has 3 nitrogen and oxygen atoms in total. The molecule has 0 radical (unpaired) electrons. The van der Waals surface area contributed by atoms with Crippen LogP contribution in [0.15, 0.2) is 22.7 Å². The SMILES string of the molecule is COCCNCc1cc(OCC2CC2)ccc1Br. The lowest BCUT2D eigenvalue weighted by Crippen LogP contribution is -2.18. The molecule has 1 aliphatic rings. The fourth-order valence-corrected chi connectivity index (χ4v) is 2.06. The number of hydrogen-bond donors (Lipinski definition) is 1. The second-order valence-corrected chi connectivity index (χ2v) is 5.53. The van der Waals surface area contributed by atoms with Gasteiger partial charge in [0.15, 0.2) is 0 Å². The maximum absolute atomic E-state index is 5.78. The van der Waals surface area contributed by atoms with E-state index in [4.69, 9.17) is 9.47 Å². The van der Waals surface area contributed by atoms with E-state index in [9.17, 15) is 0 Å². The summed E-state index contributed by atoms with van der Waals surface area (Å²) in [6, 6.07) is 6.17. The molecule has 0 amide bonds. The second-order valence-electron chi connectivity index (χ2n) is 4.68. The van der Waals surface area contributed by atoms with Gasteiger partial charge in [0.2, 0.25) is 0 Å². The molecule has 0 unspecified atom stereocenters. The van der Waals surface area contributed by atoms with E-state index < -0.39 is 0 Å². The number of hydrogen-bond acceptors (Lipinski definition) is 3. The Morgan fingerprint density at radius 2 is 2.22 bits per heavy atom. The first-order valence-electron chi connectivity index (χ1n) is 6.40. The lowest BCUT2D eigenvalue weighted by Gasteiger charge is -2.10. The summed E-state index contributed by atoms with van der Waals surface area (Å²) >= 11 is 3.57. The summed E-state index contributed by atoms with van der Waals surface area (Å²) in [5.41, 5.74) is 1.22. The van der Waals surface area contributed by atoms with E-state index >= 15 is 0 Å². The maximum Gasteiger partial charge on any atom is 0.119 e. The smallest absolute Gasteiger partial charge is 0.119 e. The third kappa shape index (κ3) is 4.59. The highest BCUT2D eigenvalue weighted by Gasteiger charge is 2.21. The summed E-state index contributed by atoms with van der Waals surface area (Å²) in [5, 5.41) is 3.34. The molecular formula is C14H20BrNO2. The minimum Gasteiger partial charge on any atom is -0.493 e. The normalized spacial score (nSPS) is 14.8. The molecule has 1 aromatic carbocycles. The highest BCUT2D eigenvalue weighted by Crippen LogP contribution is 2.30. The van der Waals surface area contributed by atoms with E-state index in [1.54, 1.807) is 7.11 Å². The van der Waals surface area contributed by atoms with E-state index in [2.05, 4.69) is 33.4 Å². The predicted molar refractivity (Wildman–Crippen MR) is 75.9 cm³/mol. The Balaban J connectivity index is 1.84. The number of benzene rings is 1. The Morgan fingerprint density at radius 1 is 1.39 bits per heavy atom. The largest absolute Gasteiger partial charge is 0.493 e. The van der Waals surface area contributed by atoms with Crippen molar-refractivity contribution >= 4 is 15.9 Å². The predicted octanol–water partition coefficient (Wildman–Crippen LogP) is 2.97. The second kappa shape index (κ2) is 7.12. The molecule has 0 aliphatic heterocycles. The van der Waals surface area contributed by atoms with Crippen LogP contribution in [0.1, 0.15) is 18.4 Å². The van der Waals surface area contributed by atoms with Crippen LogP contribution in [0.5, 0.6) is 5.75 Å². The summed E-state index contributed by atoms with van der Waals surface area (Å²) in [7, 11) is 1.71. The van der Waals surface area contributed by atoms with E-state index in [0.717, 1.165) is 42.4 Å². The fraction of sp³-hybridized carbons (Fsp3) is 0.571. The minimum absolute atomic E-state index is 0.732. The van der Waals surface area contributed by atoms with Gasteiger partial charge in [-0.1, -0.05) is 15.9 Å². The molecule has 18 heavy (non-hydrogen) atoms. The average molecular weight is 314 g/mol. The zero-order chi connectivity index (χ0) is 12.8. The Kier molecular flexibility index (Phi) is 5.47. The van der Waals surface area contributed by atoms with Crippen LogP contribution in [0.25, 0.3) is 0 Å². The monoisotopic (exact) mass is 313 g/mol. The molecule has 1 aromatic rings. The van der Waals surface area contributed by atoms with Crippen molar-refractivity contribution < 1.29 is 9.47 Å². The van der Waals surface area contributed by atoms with Crippen molar-refractivity contribution in [2.45, 2.75) is 19.4 Å². The first-order chi connectivity index (χ1) is 8.79. The van der Waals surface area contributed by atoms with Crippen LogP contribution in [0.4, 0.5) is 0 Å².